The summed E-state index contributed by atoms with van der Waals surface area (Å²) in [5, 5.41) is 0. The molecule has 104 valence electrons. The Morgan fingerprint density at radius 3 is 2.33 bits per heavy atom. The van der Waals surface area contributed by atoms with Gasteiger partial charge in [0.1, 0.15) is 0 Å². The van der Waals surface area contributed by atoms with Crippen molar-refractivity contribution in [3.05, 3.63) is 0 Å². The average molecular weight is 270 g/mol. The number of hydrogen-bond acceptors (Lipinski definition) is 2. The van der Waals surface area contributed by atoms with Gasteiger partial charge in [-0.3, -0.25) is 4.79 Å². The standard InChI is InChI=1S/C14H26N2OS/c1-4-11(3)10-16(5-2)13(17)14(12(15)18)8-6-7-9-14/h11H,4-10H2,1-3H3,(H2,15,18). The van der Waals surface area contributed by atoms with E-state index in [0.29, 0.717) is 10.9 Å². The topological polar surface area (TPSA) is 46.3 Å². The van der Waals surface area contributed by atoms with Crippen LogP contribution in [0.3, 0.4) is 0 Å². The van der Waals surface area contributed by atoms with Crippen molar-refractivity contribution in [3.8, 4) is 0 Å². The van der Waals surface area contributed by atoms with Crippen molar-refractivity contribution in [1.82, 2.24) is 4.90 Å². The summed E-state index contributed by atoms with van der Waals surface area (Å²) in [5.74, 6) is 0.689. The molecule has 1 aliphatic carbocycles. The van der Waals surface area contributed by atoms with Gasteiger partial charge in [-0.2, -0.15) is 0 Å². The van der Waals surface area contributed by atoms with Gasteiger partial charge >= 0.3 is 0 Å². The van der Waals surface area contributed by atoms with Gasteiger partial charge in [-0.15, -0.1) is 0 Å². The molecule has 1 fully saturated rings. The molecule has 0 bridgehead atoms. The highest BCUT2D eigenvalue weighted by molar-refractivity contribution is 7.80. The number of nitrogens with zero attached hydrogens (tertiary/aromatic N) is 1. The van der Waals surface area contributed by atoms with Gasteiger partial charge in [0.05, 0.1) is 10.4 Å². The highest BCUT2D eigenvalue weighted by Crippen LogP contribution is 2.40. The molecule has 18 heavy (non-hydrogen) atoms. The van der Waals surface area contributed by atoms with E-state index in [1.54, 1.807) is 0 Å². The number of nitrogens with two attached hydrogens (primary N) is 1. The van der Waals surface area contributed by atoms with Crippen LogP contribution in [0.2, 0.25) is 0 Å². The molecule has 1 unspecified atom stereocenters. The third-order valence-corrected chi connectivity index (χ3v) is 4.63. The Morgan fingerprint density at radius 1 is 1.39 bits per heavy atom. The number of amides is 1. The first-order chi connectivity index (χ1) is 8.47. The smallest absolute Gasteiger partial charge is 0.235 e. The highest BCUT2D eigenvalue weighted by atomic mass is 32.1. The van der Waals surface area contributed by atoms with E-state index in [1.807, 2.05) is 11.8 Å². The molecule has 3 nitrogen and oxygen atoms in total. The molecule has 1 amide bonds. The van der Waals surface area contributed by atoms with E-state index < -0.39 is 5.41 Å². The van der Waals surface area contributed by atoms with Gasteiger partial charge in [-0.05, 0) is 25.7 Å². The molecule has 0 heterocycles. The van der Waals surface area contributed by atoms with Crippen molar-refractivity contribution < 1.29 is 4.79 Å². The molecule has 1 atom stereocenters. The van der Waals surface area contributed by atoms with Gasteiger partial charge in [0.15, 0.2) is 0 Å². The van der Waals surface area contributed by atoms with Crippen LogP contribution in [0.15, 0.2) is 0 Å². The quantitative estimate of drug-likeness (QED) is 0.755. The van der Waals surface area contributed by atoms with Crippen LogP contribution in [-0.2, 0) is 4.79 Å². The molecule has 2 N–H and O–H groups in total. The third-order valence-electron chi connectivity index (χ3n) is 4.24. The van der Waals surface area contributed by atoms with Gasteiger partial charge in [0.25, 0.3) is 0 Å². The Hall–Kier alpha value is -0.640. The van der Waals surface area contributed by atoms with Crippen molar-refractivity contribution in [1.29, 1.82) is 0 Å². The zero-order valence-electron chi connectivity index (χ0n) is 11.9. The van der Waals surface area contributed by atoms with Gasteiger partial charge < -0.3 is 10.6 Å². The van der Waals surface area contributed by atoms with Crippen LogP contribution < -0.4 is 5.73 Å². The Kier molecular flexibility index (Phi) is 5.57. The lowest BCUT2D eigenvalue weighted by Gasteiger charge is -2.34. The van der Waals surface area contributed by atoms with Crippen LogP contribution in [-0.4, -0.2) is 28.9 Å². The molecular weight excluding hydrogens is 244 g/mol. The lowest BCUT2D eigenvalue weighted by atomic mass is 9.84. The fourth-order valence-electron chi connectivity index (χ4n) is 2.71. The zero-order chi connectivity index (χ0) is 13.8. The number of rotatable bonds is 6. The van der Waals surface area contributed by atoms with E-state index >= 15 is 0 Å². The minimum Gasteiger partial charge on any atom is -0.392 e. The third kappa shape index (κ3) is 3.02. The molecule has 1 rings (SSSR count). The summed E-state index contributed by atoms with van der Waals surface area (Å²) in [6, 6.07) is 0. The Bertz CT molecular complexity index is 311. The van der Waals surface area contributed by atoms with Gasteiger partial charge in [0, 0.05) is 13.1 Å². The summed E-state index contributed by atoms with van der Waals surface area (Å²) in [7, 11) is 0. The lowest BCUT2D eigenvalue weighted by Crippen LogP contribution is -2.50. The molecule has 0 aromatic carbocycles. The molecule has 0 aliphatic heterocycles. The predicted octanol–water partition coefficient (Wildman–Crippen LogP) is 2.73. The summed E-state index contributed by atoms with van der Waals surface area (Å²) < 4.78 is 0. The summed E-state index contributed by atoms with van der Waals surface area (Å²) in [6.07, 6.45) is 4.87. The van der Waals surface area contributed by atoms with Crippen molar-refractivity contribution in [2.24, 2.45) is 17.1 Å². The van der Waals surface area contributed by atoms with Crippen LogP contribution in [0, 0.1) is 11.3 Å². The molecule has 0 radical (unpaired) electrons. The molecule has 1 saturated carbocycles. The van der Waals surface area contributed by atoms with Gasteiger partial charge in [0.2, 0.25) is 5.91 Å². The maximum absolute atomic E-state index is 12.7. The fraction of sp³-hybridized carbons (Fsp3) is 0.857. The highest BCUT2D eigenvalue weighted by Gasteiger charge is 2.45. The summed E-state index contributed by atoms with van der Waals surface area (Å²) in [6.45, 7) is 7.92. The first kappa shape index (κ1) is 15.4. The van der Waals surface area contributed by atoms with Crippen molar-refractivity contribution in [2.45, 2.75) is 52.9 Å². The van der Waals surface area contributed by atoms with Crippen LogP contribution in [0.1, 0.15) is 52.9 Å². The first-order valence-corrected chi connectivity index (χ1v) is 7.48. The first-order valence-electron chi connectivity index (χ1n) is 7.07. The van der Waals surface area contributed by atoms with E-state index in [1.165, 1.54) is 0 Å². The average Bonchev–Trinajstić information content (AvgIpc) is 2.85. The molecule has 0 aromatic heterocycles. The van der Waals surface area contributed by atoms with Crippen molar-refractivity contribution in [2.75, 3.05) is 13.1 Å². The van der Waals surface area contributed by atoms with Crippen molar-refractivity contribution in [3.63, 3.8) is 0 Å². The summed E-state index contributed by atoms with van der Waals surface area (Å²) in [5.41, 5.74) is 5.33. The summed E-state index contributed by atoms with van der Waals surface area (Å²) >= 11 is 5.18. The maximum Gasteiger partial charge on any atom is 0.235 e. The lowest BCUT2D eigenvalue weighted by molar-refractivity contribution is -0.138. The van der Waals surface area contributed by atoms with Crippen LogP contribution >= 0.6 is 12.2 Å². The Balaban J connectivity index is 2.84. The molecule has 0 aromatic rings. The van der Waals surface area contributed by atoms with Crippen LogP contribution in [0.25, 0.3) is 0 Å². The normalized spacial score (nSPS) is 19.5. The maximum atomic E-state index is 12.7. The predicted molar refractivity (Wildman–Crippen MR) is 79.4 cm³/mol. The van der Waals surface area contributed by atoms with E-state index in [9.17, 15) is 4.79 Å². The minimum atomic E-state index is -0.543. The van der Waals surface area contributed by atoms with E-state index in [-0.39, 0.29) is 5.91 Å². The largest absolute Gasteiger partial charge is 0.392 e. The number of hydrogen-bond donors (Lipinski definition) is 1. The fourth-order valence-corrected chi connectivity index (χ4v) is 3.00. The SMILES string of the molecule is CCC(C)CN(CC)C(=O)C1(C(N)=S)CCCC1. The van der Waals surface area contributed by atoms with E-state index in [4.69, 9.17) is 18.0 Å². The number of carbonyl (C=O) groups is 1. The second-order valence-electron chi connectivity index (χ2n) is 5.51. The number of carbonyl (C=O) groups excluding carboxylic acids is 1. The Labute approximate surface area is 116 Å². The van der Waals surface area contributed by atoms with Crippen LogP contribution in [0.5, 0.6) is 0 Å². The zero-order valence-corrected chi connectivity index (χ0v) is 12.7. The molecule has 0 saturated heterocycles. The molecular formula is C14H26N2OS. The molecule has 0 spiro atoms. The summed E-state index contributed by atoms with van der Waals surface area (Å²) in [4.78, 5) is 15.1. The van der Waals surface area contributed by atoms with Crippen molar-refractivity contribution >= 4 is 23.1 Å². The van der Waals surface area contributed by atoms with E-state index in [2.05, 4.69) is 13.8 Å². The van der Waals surface area contributed by atoms with Gasteiger partial charge in [-0.1, -0.05) is 45.3 Å². The van der Waals surface area contributed by atoms with E-state index in [0.717, 1.165) is 45.2 Å². The van der Waals surface area contributed by atoms with Gasteiger partial charge in [-0.25, -0.2) is 0 Å². The molecule has 4 heteroatoms. The van der Waals surface area contributed by atoms with Crippen LogP contribution in [0.4, 0.5) is 0 Å². The Morgan fingerprint density at radius 2 is 1.94 bits per heavy atom. The second-order valence-corrected chi connectivity index (χ2v) is 5.95. The second kappa shape index (κ2) is 6.50. The minimum absolute atomic E-state index is 0.162. The molecule has 1 aliphatic rings. The number of thiocarbonyl (C=S) groups is 1. The monoisotopic (exact) mass is 270 g/mol.